The van der Waals surface area contributed by atoms with E-state index in [1.54, 1.807) is 0 Å². The van der Waals surface area contributed by atoms with Crippen LogP contribution in [0.5, 0.6) is 0 Å². The molecule has 0 aromatic heterocycles. The zero-order valence-corrected chi connectivity index (χ0v) is 11.5. The van der Waals surface area contributed by atoms with E-state index < -0.39 is 9.84 Å². The van der Waals surface area contributed by atoms with Crippen LogP contribution in [0.2, 0.25) is 0 Å². The molecule has 0 bridgehead atoms. The van der Waals surface area contributed by atoms with Crippen molar-refractivity contribution in [3.05, 3.63) is 34.3 Å². The predicted molar refractivity (Wildman–Crippen MR) is 69.3 cm³/mol. The van der Waals surface area contributed by atoms with E-state index in [-0.39, 0.29) is 23.3 Å². The van der Waals surface area contributed by atoms with Crippen LogP contribution in [-0.4, -0.2) is 19.9 Å². The highest BCUT2D eigenvalue weighted by Crippen LogP contribution is 2.35. The highest BCUT2D eigenvalue weighted by atomic mass is 79.9. The molecule has 0 spiro atoms. The Balaban J connectivity index is 2.31. The molecule has 0 saturated carbocycles. The van der Waals surface area contributed by atoms with Crippen molar-refractivity contribution in [2.24, 2.45) is 5.92 Å². The van der Waals surface area contributed by atoms with E-state index in [0.717, 1.165) is 10.0 Å². The van der Waals surface area contributed by atoms with Crippen LogP contribution in [0.1, 0.15) is 17.9 Å². The molecule has 2 rings (SSSR count). The van der Waals surface area contributed by atoms with Crippen molar-refractivity contribution in [1.29, 1.82) is 5.26 Å². The van der Waals surface area contributed by atoms with Gasteiger partial charge in [0, 0.05) is 4.47 Å². The molecule has 0 aliphatic carbocycles. The third kappa shape index (κ3) is 2.70. The third-order valence-corrected chi connectivity index (χ3v) is 5.63. The van der Waals surface area contributed by atoms with Crippen LogP contribution >= 0.6 is 15.9 Å². The van der Waals surface area contributed by atoms with Crippen molar-refractivity contribution in [2.45, 2.75) is 12.3 Å². The topological polar surface area (TPSA) is 57.9 Å². The highest BCUT2D eigenvalue weighted by molar-refractivity contribution is 9.10. The van der Waals surface area contributed by atoms with Crippen molar-refractivity contribution < 1.29 is 8.42 Å². The Morgan fingerprint density at radius 2 is 2.12 bits per heavy atom. The molecule has 0 amide bonds. The van der Waals surface area contributed by atoms with E-state index in [4.69, 9.17) is 0 Å². The Labute approximate surface area is 110 Å². The second-order valence-electron chi connectivity index (χ2n) is 4.29. The standard InChI is InChI=1S/C12H12BrNO2S/c13-12-4-2-1-3-10(12)11(7-14)9-5-6-17(15,16)8-9/h1-4,9,11H,5-6,8H2. The normalized spacial score (nSPS) is 24.1. The first-order valence-electron chi connectivity index (χ1n) is 5.38. The maximum absolute atomic E-state index is 11.5. The van der Waals surface area contributed by atoms with Gasteiger partial charge in [-0.15, -0.1) is 0 Å². The van der Waals surface area contributed by atoms with Gasteiger partial charge in [-0.25, -0.2) is 8.42 Å². The number of hydrogen-bond acceptors (Lipinski definition) is 3. The van der Waals surface area contributed by atoms with Gasteiger partial charge in [0.15, 0.2) is 9.84 Å². The molecule has 1 aromatic carbocycles. The molecule has 5 heteroatoms. The van der Waals surface area contributed by atoms with E-state index in [1.807, 2.05) is 24.3 Å². The molecule has 0 radical (unpaired) electrons. The molecule has 2 atom stereocenters. The number of nitriles is 1. The molecule has 1 heterocycles. The minimum Gasteiger partial charge on any atom is -0.229 e. The first-order valence-corrected chi connectivity index (χ1v) is 7.99. The molecule has 3 nitrogen and oxygen atoms in total. The molecule has 1 fully saturated rings. The number of sulfone groups is 1. The average molecular weight is 314 g/mol. The third-order valence-electron chi connectivity index (χ3n) is 3.12. The summed E-state index contributed by atoms with van der Waals surface area (Å²) in [5.41, 5.74) is 0.886. The van der Waals surface area contributed by atoms with Crippen molar-refractivity contribution >= 4 is 25.8 Å². The lowest BCUT2D eigenvalue weighted by atomic mass is 9.87. The maximum Gasteiger partial charge on any atom is 0.150 e. The number of hydrogen-bond donors (Lipinski definition) is 0. The van der Waals surface area contributed by atoms with Crippen LogP contribution in [0.3, 0.4) is 0 Å². The number of nitrogens with zero attached hydrogens (tertiary/aromatic N) is 1. The average Bonchev–Trinajstić information content (AvgIpc) is 2.63. The highest BCUT2D eigenvalue weighted by Gasteiger charge is 2.35. The predicted octanol–water partition coefficient (Wildman–Crippen LogP) is 2.49. The Hall–Kier alpha value is -0.860. The SMILES string of the molecule is N#CC(c1ccccc1Br)C1CCS(=O)(=O)C1. The lowest BCUT2D eigenvalue weighted by molar-refractivity contribution is 0.540. The summed E-state index contributed by atoms with van der Waals surface area (Å²) in [5, 5.41) is 9.27. The van der Waals surface area contributed by atoms with E-state index in [0.29, 0.717) is 6.42 Å². The van der Waals surface area contributed by atoms with E-state index >= 15 is 0 Å². The lowest BCUT2D eigenvalue weighted by Gasteiger charge is -2.16. The summed E-state index contributed by atoms with van der Waals surface area (Å²) >= 11 is 3.41. The molecular weight excluding hydrogens is 302 g/mol. The first-order chi connectivity index (χ1) is 8.03. The molecular formula is C12H12BrNO2S. The van der Waals surface area contributed by atoms with Gasteiger partial charge in [0.2, 0.25) is 0 Å². The van der Waals surface area contributed by atoms with E-state index in [9.17, 15) is 13.7 Å². The summed E-state index contributed by atoms with van der Waals surface area (Å²) in [7, 11) is -2.94. The van der Waals surface area contributed by atoms with Gasteiger partial charge in [0.25, 0.3) is 0 Å². The second kappa shape index (κ2) is 4.79. The van der Waals surface area contributed by atoms with Gasteiger partial charge < -0.3 is 0 Å². The summed E-state index contributed by atoms with van der Waals surface area (Å²) in [4.78, 5) is 0. The summed E-state index contributed by atoms with van der Waals surface area (Å²) in [6.07, 6.45) is 0.585. The quantitative estimate of drug-likeness (QED) is 0.843. The van der Waals surface area contributed by atoms with Crippen LogP contribution in [0.15, 0.2) is 28.7 Å². The fourth-order valence-electron chi connectivity index (χ4n) is 2.24. The lowest BCUT2D eigenvalue weighted by Crippen LogP contribution is -2.13. The maximum atomic E-state index is 11.5. The number of rotatable bonds is 2. The molecule has 0 N–H and O–H groups in total. The summed E-state index contributed by atoms with van der Waals surface area (Å²) in [6.45, 7) is 0. The molecule has 1 aliphatic heterocycles. The van der Waals surface area contributed by atoms with Gasteiger partial charge in [0.1, 0.15) is 0 Å². The summed E-state index contributed by atoms with van der Waals surface area (Å²) in [5.74, 6) is -0.0844. The smallest absolute Gasteiger partial charge is 0.150 e. The van der Waals surface area contributed by atoms with Crippen molar-refractivity contribution in [2.75, 3.05) is 11.5 Å². The van der Waals surface area contributed by atoms with Crippen LogP contribution in [0.25, 0.3) is 0 Å². The monoisotopic (exact) mass is 313 g/mol. The fourth-order valence-corrected chi connectivity index (χ4v) is 4.61. The number of halogens is 1. The van der Waals surface area contributed by atoms with Gasteiger partial charge >= 0.3 is 0 Å². The Bertz CT molecular complexity index is 562. The zero-order valence-electron chi connectivity index (χ0n) is 9.14. The zero-order chi connectivity index (χ0) is 12.5. The van der Waals surface area contributed by atoms with Crippen molar-refractivity contribution in [3.8, 4) is 6.07 Å². The van der Waals surface area contributed by atoms with Gasteiger partial charge in [-0.1, -0.05) is 34.1 Å². The van der Waals surface area contributed by atoms with Crippen molar-refractivity contribution in [1.82, 2.24) is 0 Å². The van der Waals surface area contributed by atoms with Crippen LogP contribution in [-0.2, 0) is 9.84 Å². The molecule has 17 heavy (non-hydrogen) atoms. The minimum atomic E-state index is -2.94. The molecule has 2 unspecified atom stereocenters. The van der Waals surface area contributed by atoms with E-state index in [2.05, 4.69) is 22.0 Å². The van der Waals surface area contributed by atoms with Gasteiger partial charge in [0.05, 0.1) is 23.5 Å². The largest absolute Gasteiger partial charge is 0.229 e. The molecule has 90 valence electrons. The summed E-state index contributed by atoms with van der Waals surface area (Å²) < 4.78 is 23.8. The second-order valence-corrected chi connectivity index (χ2v) is 7.37. The van der Waals surface area contributed by atoms with Crippen LogP contribution in [0, 0.1) is 17.2 Å². The molecule has 1 aliphatic rings. The first kappa shape index (κ1) is 12.6. The Morgan fingerprint density at radius 1 is 1.41 bits per heavy atom. The van der Waals surface area contributed by atoms with Gasteiger partial charge in [-0.05, 0) is 24.0 Å². The van der Waals surface area contributed by atoms with Crippen LogP contribution in [0.4, 0.5) is 0 Å². The summed E-state index contributed by atoms with van der Waals surface area (Å²) in [6, 6.07) is 9.75. The number of benzene rings is 1. The van der Waals surface area contributed by atoms with Crippen molar-refractivity contribution in [3.63, 3.8) is 0 Å². The van der Waals surface area contributed by atoms with Gasteiger partial charge in [-0.2, -0.15) is 5.26 Å². The fraction of sp³-hybridized carbons (Fsp3) is 0.417. The Morgan fingerprint density at radius 3 is 2.65 bits per heavy atom. The van der Waals surface area contributed by atoms with Crippen LogP contribution < -0.4 is 0 Å². The molecule has 1 saturated heterocycles. The minimum absolute atomic E-state index is 0.0799. The Kier molecular flexibility index (Phi) is 3.55. The molecule has 1 aromatic rings. The van der Waals surface area contributed by atoms with E-state index in [1.165, 1.54) is 0 Å². The van der Waals surface area contributed by atoms with Gasteiger partial charge in [-0.3, -0.25) is 0 Å².